The molecule has 4 heteroatoms. The van der Waals surface area contributed by atoms with Gasteiger partial charge in [-0.3, -0.25) is 9.69 Å². The van der Waals surface area contributed by atoms with Crippen molar-refractivity contribution >= 4 is 28.1 Å². The van der Waals surface area contributed by atoms with Crippen molar-refractivity contribution in [3.63, 3.8) is 0 Å². The van der Waals surface area contributed by atoms with Gasteiger partial charge in [-0.2, -0.15) is 0 Å². The third-order valence-electron chi connectivity index (χ3n) is 3.56. The Kier molecular flexibility index (Phi) is 6.59. The zero-order valence-corrected chi connectivity index (χ0v) is 14.2. The van der Waals surface area contributed by atoms with E-state index in [1.807, 2.05) is 42.6 Å². The van der Waals surface area contributed by atoms with Gasteiger partial charge in [-0.05, 0) is 25.5 Å². The van der Waals surface area contributed by atoms with Gasteiger partial charge in [-0.15, -0.1) is 11.3 Å². The molecule has 0 aliphatic carbocycles. The molecular weight excluding hydrogens is 292 g/mol. The predicted molar refractivity (Wildman–Crippen MR) is 93.8 cm³/mol. The van der Waals surface area contributed by atoms with E-state index in [9.17, 15) is 4.79 Å². The minimum Gasteiger partial charge on any atom is -0.274 e. The van der Waals surface area contributed by atoms with E-state index in [0.717, 1.165) is 29.4 Å². The maximum atomic E-state index is 12.7. The van der Waals surface area contributed by atoms with Crippen LogP contribution in [-0.2, 0) is 4.79 Å². The highest BCUT2D eigenvalue weighted by Gasteiger charge is 2.20. The van der Waals surface area contributed by atoms with Crippen LogP contribution in [-0.4, -0.2) is 10.9 Å². The monoisotopic (exact) mass is 316 g/mol. The molecule has 1 aromatic heterocycles. The van der Waals surface area contributed by atoms with Gasteiger partial charge < -0.3 is 0 Å². The molecule has 118 valence electrons. The summed E-state index contributed by atoms with van der Waals surface area (Å²) < 4.78 is 0. The minimum absolute atomic E-state index is 0.136. The van der Waals surface area contributed by atoms with Gasteiger partial charge in [0.15, 0.2) is 5.13 Å². The van der Waals surface area contributed by atoms with Crippen molar-refractivity contribution in [1.82, 2.24) is 4.98 Å². The topological polar surface area (TPSA) is 33.2 Å². The molecule has 1 heterocycles. The Bertz CT molecular complexity index is 580. The van der Waals surface area contributed by atoms with Gasteiger partial charge in [0.05, 0.1) is 11.4 Å². The van der Waals surface area contributed by atoms with Crippen LogP contribution in [0.3, 0.4) is 0 Å². The molecule has 2 rings (SSSR count). The van der Waals surface area contributed by atoms with Crippen LogP contribution in [0.1, 0.15) is 51.1 Å². The quantitative estimate of drug-likeness (QED) is 0.604. The molecule has 0 atom stereocenters. The molecule has 0 bridgehead atoms. The van der Waals surface area contributed by atoms with Gasteiger partial charge in [0.2, 0.25) is 5.91 Å². The summed E-state index contributed by atoms with van der Waals surface area (Å²) in [7, 11) is 0. The number of rotatable bonds is 8. The Morgan fingerprint density at radius 2 is 1.86 bits per heavy atom. The minimum atomic E-state index is 0.136. The third-order valence-corrected chi connectivity index (χ3v) is 4.50. The van der Waals surface area contributed by atoms with E-state index < -0.39 is 0 Å². The van der Waals surface area contributed by atoms with Crippen LogP contribution in [0.2, 0.25) is 0 Å². The molecule has 0 saturated carbocycles. The zero-order chi connectivity index (χ0) is 15.8. The Hall–Kier alpha value is -1.68. The normalized spacial score (nSPS) is 10.6. The first kappa shape index (κ1) is 16.7. The number of hydrogen-bond donors (Lipinski definition) is 0. The van der Waals surface area contributed by atoms with Crippen LogP contribution in [0.5, 0.6) is 0 Å². The summed E-state index contributed by atoms with van der Waals surface area (Å²) in [4.78, 5) is 18.9. The number of nitrogens with zero attached hydrogens (tertiary/aromatic N) is 2. The molecule has 0 N–H and O–H groups in total. The number of benzene rings is 1. The second-order valence-electron chi connectivity index (χ2n) is 5.50. The average molecular weight is 316 g/mol. The number of para-hydroxylation sites is 1. The van der Waals surface area contributed by atoms with E-state index in [2.05, 4.69) is 11.9 Å². The summed E-state index contributed by atoms with van der Waals surface area (Å²) in [6.07, 6.45) is 6.35. The van der Waals surface area contributed by atoms with Gasteiger partial charge in [0.25, 0.3) is 0 Å². The van der Waals surface area contributed by atoms with Gasteiger partial charge in [0, 0.05) is 11.8 Å². The second-order valence-corrected chi connectivity index (χ2v) is 6.34. The molecule has 3 nitrogen and oxygen atoms in total. The maximum Gasteiger partial charge on any atom is 0.233 e. The number of aromatic nitrogens is 1. The summed E-state index contributed by atoms with van der Waals surface area (Å²) >= 11 is 1.52. The first-order valence-corrected chi connectivity index (χ1v) is 8.90. The molecule has 0 saturated heterocycles. The SMILES string of the molecule is CCCCCCCC(=O)N(c1ccccc1)c1nc(C)cs1. The van der Waals surface area contributed by atoms with E-state index in [1.165, 1.54) is 30.6 Å². The lowest BCUT2D eigenvalue weighted by Crippen LogP contribution is -2.25. The lowest BCUT2D eigenvalue weighted by atomic mass is 10.1. The number of amides is 1. The zero-order valence-electron chi connectivity index (χ0n) is 13.4. The number of aryl methyl sites for hydroxylation is 1. The van der Waals surface area contributed by atoms with E-state index in [-0.39, 0.29) is 5.91 Å². The Balaban J connectivity index is 2.06. The molecule has 0 fully saturated rings. The number of thiazole rings is 1. The fourth-order valence-electron chi connectivity index (χ4n) is 2.37. The molecule has 2 aromatic rings. The average Bonchev–Trinajstić information content (AvgIpc) is 2.94. The fraction of sp³-hybridized carbons (Fsp3) is 0.444. The van der Waals surface area contributed by atoms with Crippen LogP contribution in [0.15, 0.2) is 35.7 Å². The highest BCUT2D eigenvalue weighted by molar-refractivity contribution is 7.14. The second kappa shape index (κ2) is 8.69. The van der Waals surface area contributed by atoms with Crippen LogP contribution >= 0.6 is 11.3 Å². The smallest absolute Gasteiger partial charge is 0.233 e. The summed E-state index contributed by atoms with van der Waals surface area (Å²) in [5.41, 5.74) is 1.85. The summed E-state index contributed by atoms with van der Waals surface area (Å²) in [5, 5.41) is 2.75. The molecule has 0 radical (unpaired) electrons. The van der Waals surface area contributed by atoms with Crippen molar-refractivity contribution in [2.75, 3.05) is 4.90 Å². The molecule has 0 unspecified atom stereocenters. The van der Waals surface area contributed by atoms with Crippen molar-refractivity contribution in [2.45, 2.75) is 52.4 Å². The number of carbonyl (C=O) groups is 1. The van der Waals surface area contributed by atoms with Gasteiger partial charge in [0.1, 0.15) is 0 Å². The van der Waals surface area contributed by atoms with E-state index in [1.54, 1.807) is 4.90 Å². The van der Waals surface area contributed by atoms with Gasteiger partial charge in [-0.25, -0.2) is 4.98 Å². The number of anilines is 2. The Labute approximate surface area is 137 Å². The third kappa shape index (κ3) is 4.67. The van der Waals surface area contributed by atoms with Gasteiger partial charge in [-0.1, -0.05) is 50.8 Å². The Morgan fingerprint density at radius 3 is 2.50 bits per heavy atom. The molecule has 0 aliphatic heterocycles. The number of unbranched alkanes of at least 4 members (excludes halogenated alkanes) is 4. The first-order chi connectivity index (χ1) is 10.7. The maximum absolute atomic E-state index is 12.7. The van der Waals surface area contributed by atoms with Crippen molar-refractivity contribution in [2.24, 2.45) is 0 Å². The van der Waals surface area contributed by atoms with Crippen molar-refractivity contribution in [3.8, 4) is 0 Å². The summed E-state index contributed by atoms with van der Waals surface area (Å²) in [5.74, 6) is 0.136. The highest BCUT2D eigenvalue weighted by atomic mass is 32.1. The lowest BCUT2D eigenvalue weighted by Gasteiger charge is -2.20. The van der Waals surface area contributed by atoms with Gasteiger partial charge >= 0.3 is 0 Å². The van der Waals surface area contributed by atoms with Crippen LogP contribution in [0, 0.1) is 6.92 Å². The molecule has 0 spiro atoms. The fourth-order valence-corrected chi connectivity index (χ4v) is 3.21. The van der Waals surface area contributed by atoms with Crippen LogP contribution in [0.25, 0.3) is 0 Å². The standard InChI is InChI=1S/C18H24N2OS/c1-3-4-5-6-10-13-17(21)20(16-11-8-7-9-12-16)18-19-15(2)14-22-18/h7-9,11-12,14H,3-6,10,13H2,1-2H3. The molecule has 1 aromatic carbocycles. The summed E-state index contributed by atoms with van der Waals surface area (Å²) in [6, 6.07) is 9.80. The van der Waals surface area contributed by atoms with E-state index in [0.29, 0.717) is 6.42 Å². The molecule has 1 amide bonds. The van der Waals surface area contributed by atoms with Crippen LogP contribution < -0.4 is 4.90 Å². The van der Waals surface area contributed by atoms with Crippen molar-refractivity contribution in [3.05, 3.63) is 41.4 Å². The largest absolute Gasteiger partial charge is 0.274 e. The molecular formula is C18H24N2OS. The first-order valence-electron chi connectivity index (χ1n) is 8.02. The van der Waals surface area contributed by atoms with Crippen molar-refractivity contribution < 1.29 is 4.79 Å². The van der Waals surface area contributed by atoms with E-state index >= 15 is 0 Å². The summed E-state index contributed by atoms with van der Waals surface area (Å²) in [6.45, 7) is 4.16. The lowest BCUT2D eigenvalue weighted by molar-refractivity contribution is -0.118. The van der Waals surface area contributed by atoms with Crippen LogP contribution in [0.4, 0.5) is 10.8 Å². The van der Waals surface area contributed by atoms with Crippen molar-refractivity contribution in [1.29, 1.82) is 0 Å². The number of hydrogen-bond acceptors (Lipinski definition) is 3. The Morgan fingerprint density at radius 1 is 1.14 bits per heavy atom. The predicted octanol–water partition coefficient (Wildman–Crippen LogP) is 5.48. The molecule has 22 heavy (non-hydrogen) atoms. The number of carbonyl (C=O) groups excluding carboxylic acids is 1. The van der Waals surface area contributed by atoms with E-state index in [4.69, 9.17) is 0 Å². The molecule has 0 aliphatic rings. The highest BCUT2D eigenvalue weighted by Crippen LogP contribution is 2.29.